The van der Waals surface area contributed by atoms with Crippen molar-refractivity contribution in [1.82, 2.24) is 25.8 Å². The predicted molar refractivity (Wildman–Crippen MR) is 111 cm³/mol. The number of phenols is 1. The van der Waals surface area contributed by atoms with Crippen LogP contribution in [0.15, 0.2) is 30.3 Å². The van der Waals surface area contributed by atoms with E-state index in [0.717, 1.165) is 36.0 Å². The first-order chi connectivity index (χ1) is 14.0. The van der Waals surface area contributed by atoms with E-state index >= 15 is 0 Å². The Bertz CT molecular complexity index is 1070. The van der Waals surface area contributed by atoms with Gasteiger partial charge in [-0.25, -0.2) is 4.98 Å². The number of nitrogens with zero attached hydrogens (tertiary/aromatic N) is 2. The zero-order valence-corrected chi connectivity index (χ0v) is 16.5. The highest BCUT2D eigenvalue weighted by Gasteiger charge is 2.41. The summed E-state index contributed by atoms with van der Waals surface area (Å²) in [4.78, 5) is 17.9. The summed E-state index contributed by atoms with van der Waals surface area (Å²) in [6.45, 7) is 2.83. The second-order valence-electron chi connectivity index (χ2n) is 8.36. The average Bonchev–Trinajstić information content (AvgIpc) is 3.08. The molecule has 2 aliphatic rings. The molecule has 1 saturated carbocycles. The van der Waals surface area contributed by atoms with Crippen LogP contribution in [-0.2, 0) is 0 Å². The minimum Gasteiger partial charge on any atom is -0.508 e. The molecule has 1 aliphatic carbocycles. The number of aryl methyl sites for hydroxylation is 1. The van der Waals surface area contributed by atoms with E-state index in [1.54, 1.807) is 24.3 Å². The Morgan fingerprint density at radius 1 is 1.28 bits per heavy atom. The highest BCUT2D eigenvalue weighted by atomic mass is 16.3. The number of nitrogens with one attached hydrogen (secondary N) is 3. The number of fused-ring (bicyclic) bond motifs is 1. The number of phenolic OH excluding ortho intramolecular Hbond substituents is 1. The molecule has 0 bridgehead atoms. The summed E-state index contributed by atoms with van der Waals surface area (Å²) >= 11 is 0. The third-order valence-corrected chi connectivity index (χ3v) is 6.39. The lowest BCUT2D eigenvalue weighted by Gasteiger charge is -2.48. The highest BCUT2D eigenvalue weighted by molar-refractivity contribution is 6.07. The number of pyridine rings is 1. The summed E-state index contributed by atoms with van der Waals surface area (Å²) in [7, 11) is 0. The number of benzene rings is 1. The summed E-state index contributed by atoms with van der Waals surface area (Å²) in [5, 5.41) is 24.4. The van der Waals surface area contributed by atoms with Crippen molar-refractivity contribution in [2.75, 3.05) is 6.54 Å². The van der Waals surface area contributed by atoms with Gasteiger partial charge in [0.2, 0.25) is 0 Å². The highest BCUT2D eigenvalue weighted by Crippen LogP contribution is 2.38. The smallest absolute Gasteiger partial charge is 0.252 e. The Balaban J connectivity index is 1.48. The van der Waals surface area contributed by atoms with Gasteiger partial charge < -0.3 is 15.7 Å². The predicted octanol–water partition coefficient (Wildman–Crippen LogP) is 3.04. The molecule has 5 rings (SSSR count). The molecule has 1 saturated heterocycles. The number of aromatic amines is 1. The minimum absolute atomic E-state index is 0.0803. The maximum Gasteiger partial charge on any atom is 0.252 e. The molecule has 7 nitrogen and oxygen atoms in total. The molecule has 1 unspecified atom stereocenters. The summed E-state index contributed by atoms with van der Waals surface area (Å²) in [5.74, 6) is 0.115. The second-order valence-corrected chi connectivity index (χ2v) is 8.36. The van der Waals surface area contributed by atoms with Crippen LogP contribution in [0.2, 0.25) is 0 Å². The Hall–Kier alpha value is -2.93. The van der Waals surface area contributed by atoms with Crippen LogP contribution in [0.3, 0.4) is 0 Å². The molecule has 0 radical (unpaired) electrons. The molecule has 3 aromatic rings. The summed E-state index contributed by atoms with van der Waals surface area (Å²) in [5.41, 5.74) is 3.68. The van der Waals surface area contributed by atoms with Crippen molar-refractivity contribution in [2.24, 2.45) is 0 Å². The van der Waals surface area contributed by atoms with Crippen LogP contribution in [0.5, 0.6) is 5.75 Å². The van der Waals surface area contributed by atoms with Crippen molar-refractivity contribution in [3.05, 3.63) is 41.6 Å². The van der Waals surface area contributed by atoms with E-state index in [9.17, 15) is 9.90 Å². The van der Waals surface area contributed by atoms with E-state index in [-0.39, 0.29) is 23.2 Å². The van der Waals surface area contributed by atoms with Crippen LogP contribution in [0.25, 0.3) is 22.3 Å². The van der Waals surface area contributed by atoms with Gasteiger partial charge in [0.05, 0.1) is 22.3 Å². The molecule has 1 aliphatic heterocycles. The molecule has 4 N–H and O–H groups in total. The fraction of sp³-hybridized carbons (Fsp3) is 0.409. The van der Waals surface area contributed by atoms with Gasteiger partial charge in [-0.15, -0.1) is 0 Å². The van der Waals surface area contributed by atoms with Crippen LogP contribution >= 0.6 is 0 Å². The number of carbonyl (C=O) groups is 1. The largest absolute Gasteiger partial charge is 0.508 e. The zero-order valence-electron chi connectivity index (χ0n) is 16.5. The van der Waals surface area contributed by atoms with Gasteiger partial charge in [0, 0.05) is 17.1 Å². The fourth-order valence-corrected chi connectivity index (χ4v) is 4.67. The molecule has 1 spiro atoms. The number of hydrogen-bond acceptors (Lipinski definition) is 5. The first-order valence-electron chi connectivity index (χ1n) is 10.2. The van der Waals surface area contributed by atoms with E-state index < -0.39 is 0 Å². The molecule has 2 fully saturated rings. The maximum absolute atomic E-state index is 13.3. The molecule has 1 atom stereocenters. The number of hydrogen-bond donors (Lipinski definition) is 4. The lowest BCUT2D eigenvalue weighted by Crippen LogP contribution is -2.59. The summed E-state index contributed by atoms with van der Waals surface area (Å²) in [6.07, 6.45) is 5.59. The number of aromatic hydroxyl groups is 1. The molecule has 29 heavy (non-hydrogen) atoms. The number of piperidine rings is 1. The molecule has 3 heterocycles. The molecule has 1 aromatic carbocycles. The molecule has 2 aromatic heterocycles. The number of H-pyrrole nitrogens is 1. The SMILES string of the molecule is Cc1n[nH]c2nc(-c3ccc(O)cc3)cc(C(=O)NC3CCNC4(CCC4)C3)c12. The molecule has 7 heteroatoms. The van der Waals surface area contributed by atoms with E-state index in [0.29, 0.717) is 16.9 Å². The van der Waals surface area contributed by atoms with Crippen LogP contribution < -0.4 is 10.6 Å². The standard InChI is InChI=1S/C22H25N5O2/c1-13-19-17(21(29)24-15-7-10-23-22(12-15)8-2-9-22)11-18(25-20(19)27-26-13)14-3-5-16(28)6-4-14/h3-6,11,15,23,28H,2,7-10,12H2,1H3,(H,24,29)(H,25,26,27). The number of aromatic nitrogens is 3. The fourth-order valence-electron chi connectivity index (χ4n) is 4.67. The van der Waals surface area contributed by atoms with Crippen molar-refractivity contribution in [3.8, 4) is 17.0 Å². The van der Waals surface area contributed by atoms with Gasteiger partial charge in [-0.05, 0) is 75.9 Å². The lowest BCUT2D eigenvalue weighted by molar-refractivity contribution is 0.0854. The first kappa shape index (κ1) is 18.1. The summed E-state index contributed by atoms with van der Waals surface area (Å²) < 4.78 is 0. The number of amides is 1. The van der Waals surface area contributed by atoms with Crippen LogP contribution in [0.1, 0.15) is 48.2 Å². The van der Waals surface area contributed by atoms with Gasteiger partial charge in [-0.2, -0.15) is 5.10 Å². The Morgan fingerprint density at radius 2 is 2.07 bits per heavy atom. The molecule has 150 valence electrons. The van der Waals surface area contributed by atoms with Crippen molar-refractivity contribution >= 4 is 16.9 Å². The maximum atomic E-state index is 13.3. The Labute approximate surface area is 168 Å². The van der Waals surface area contributed by atoms with Gasteiger partial charge in [-0.1, -0.05) is 0 Å². The monoisotopic (exact) mass is 391 g/mol. The van der Waals surface area contributed by atoms with Crippen LogP contribution in [-0.4, -0.2) is 44.3 Å². The third kappa shape index (κ3) is 3.25. The van der Waals surface area contributed by atoms with Gasteiger partial charge >= 0.3 is 0 Å². The Kier molecular flexibility index (Phi) is 4.28. The van der Waals surface area contributed by atoms with Gasteiger partial charge in [0.1, 0.15) is 5.75 Å². The Morgan fingerprint density at radius 3 is 2.79 bits per heavy atom. The number of rotatable bonds is 3. The number of carbonyl (C=O) groups excluding carboxylic acids is 1. The van der Waals surface area contributed by atoms with Crippen molar-refractivity contribution in [2.45, 2.75) is 50.6 Å². The molecule has 1 amide bonds. The van der Waals surface area contributed by atoms with Crippen LogP contribution in [0, 0.1) is 6.92 Å². The van der Waals surface area contributed by atoms with Crippen molar-refractivity contribution < 1.29 is 9.90 Å². The van der Waals surface area contributed by atoms with Gasteiger partial charge in [0.25, 0.3) is 5.91 Å². The quantitative estimate of drug-likeness (QED) is 0.550. The van der Waals surface area contributed by atoms with E-state index in [1.807, 2.05) is 13.0 Å². The zero-order chi connectivity index (χ0) is 20.0. The third-order valence-electron chi connectivity index (χ3n) is 6.39. The lowest BCUT2D eigenvalue weighted by atomic mass is 9.70. The normalized spacial score (nSPS) is 20.5. The van der Waals surface area contributed by atoms with E-state index in [4.69, 9.17) is 0 Å². The topological polar surface area (TPSA) is 103 Å². The minimum atomic E-state index is -0.0803. The van der Waals surface area contributed by atoms with Crippen molar-refractivity contribution in [3.63, 3.8) is 0 Å². The first-order valence-corrected chi connectivity index (χ1v) is 10.2. The van der Waals surface area contributed by atoms with E-state index in [2.05, 4.69) is 25.8 Å². The average molecular weight is 391 g/mol. The summed E-state index contributed by atoms with van der Waals surface area (Å²) in [6, 6.07) is 8.82. The van der Waals surface area contributed by atoms with Crippen molar-refractivity contribution in [1.29, 1.82) is 0 Å². The van der Waals surface area contributed by atoms with Crippen LogP contribution in [0.4, 0.5) is 0 Å². The van der Waals surface area contributed by atoms with Gasteiger partial charge in [0.15, 0.2) is 5.65 Å². The van der Waals surface area contributed by atoms with E-state index in [1.165, 1.54) is 19.3 Å². The molecular formula is C22H25N5O2. The second kappa shape index (κ2) is 6.84. The molecular weight excluding hydrogens is 366 g/mol. The van der Waals surface area contributed by atoms with Gasteiger partial charge in [-0.3, -0.25) is 9.89 Å².